The summed E-state index contributed by atoms with van der Waals surface area (Å²) in [5, 5.41) is 0. The van der Waals surface area contributed by atoms with Crippen molar-refractivity contribution in [3.05, 3.63) is 30.1 Å². The van der Waals surface area contributed by atoms with E-state index in [0.717, 1.165) is 24.2 Å². The molecular formula is C13H19N3. The summed E-state index contributed by atoms with van der Waals surface area (Å²) in [6.07, 6.45) is 2.00. The van der Waals surface area contributed by atoms with E-state index in [0.29, 0.717) is 12.6 Å². The summed E-state index contributed by atoms with van der Waals surface area (Å²) in [4.78, 5) is 4.66. The maximum Gasteiger partial charge on any atom is 0.109 e. The summed E-state index contributed by atoms with van der Waals surface area (Å²) in [6.45, 7) is 4.98. The van der Waals surface area contributed by atoms with E-state index in [1.807, 2.05) is 6.07 Å². The van der Waals surface area contributed by atoms with E-state index in [4.69, 9.17) is 5.73 Å². The van der Waals surface area contributed by atoms with Gasteiger partial charge in [0.25, 0.3) is 0 Å². The average molecular weight is 217 g/mol. The van der Waals surface area contributed by atoms with Gasteiger partial charge >= 0.3 is 0 Å². The largest absolute Gasteiger partial charge is 0.328 e. The predicted molar refractivity (Wildman–Crippen MR) is 67.5 cm³/mol. The van der Waals surface area contributed by atoms with Crippen LogP contribution in [0.25, 0.3) is 11.0 Å². The molecule has 0 aliphatic carbocycles. The SMILES string of the molecule is CCc1nc2ccccc2n1C(CC)CN. The maximum atomic E-state index is 5.84. The molecule has 0 fully saturated rings. The fourth-order valence-electron chi connectivity index (χ4n) is 2.21. The molecule has 1 atom stereocenters. The molecule has 86 valence electrons. The van der Waals surface area contributed by atoms with Gasteiger partial charge in [-0.3, -0.25) is 0 Å². The van der Waals surface area contributed by atoms with Crippen LogP contribution in [0.3, 0.4) is 0 Å². The number of nitrogens with zero attached hydrogens (tertiary/aromatic N) is 2. The van der Waals surface area contributed by atoms with Crippen LogP contribution in [0.4, 0.5) is 0 Å². The lowest BCUT2D eigenvalue weighted by atomic mass is 10.2. The number of hydrogen-bond acceptors (Lipinski definition) is 2. The van der Waals surface area contributed by atoms with Crippen molar-refractivity contribution in [2.24, 2.45) is 5.73 Å². The van der Waals surface area contributed by atoms with Crippen LogP contribution in [0.1, 0.15) is 32.1 Å². The Hall–Kier alpha value is -1.35. The average Bonchev–Trinajstić information content (AvgIpc) is 2.70. The molecule has 1 aromatic carbocycles. The summed E-state index contributed by atoms with van der Waals surface area (Å²) in [5.41, 5.74) is 8.12. The van der Waals surface area contributed by atoms with Crippen molar-refractivity contribution in [3.63, 3.8) is 0 Å². The molecule has 1 heterocycles. The van der Waals surface area contributed by atoms with Gasteiger partial charge in [0.15, 0.2) is 0 Å². The highest BCUT2D eigenvalue weighted by Crippen LogP contribution is 2.22. The number of imidazole rings is 1. The highest BCUT2D eigenvalue weighted by molar-refractivity contribution is 5.76. The van der Waals surface area contributed by atoms with Crippen LogP contribution < -0.4 is 5.73 Å². The minimum Gasteiger partial charge on any atom is -0.328 e. The van der Waals surface area contributed by atoms with Crippen molar-refractivity contribution in [1.82, 2.24) is 9.55 Å². The normalized spacial score (nSPS) is 13.2. The molecule has 2 rings (SSSR count). The van der Waals surface area contributed by atoms with E-state index < -0.39 is 0 Å². The Morgan fingerprint density at radius 2 is 2.06 bits per heavy atom. The van der Waals surface area contributed by atoms with Crippen LogP contribution in [-0.4, -0.2) is 16.1 Å². The first-order chi connectivity index (χ1) is 7.81. The third kappa shape index (κ3) is 1.71. The van der Waals surface area contributed by atoms with Crippen LogP contribution in [0.15, 0.2) is 24.3 Å². The van der Waals surface area contributed by atoms with Crippen molar-refractivity contribution in [3.8, 4) is 0 Å². The van der Waals surface area contributed by atoms with Crippen LogP contribution in [0, 0.1) is 0 Å². The molecule has 2 N–H and O–H groups in total. The lowest BCUT2D eigenvalue weighted by Gasteiger charge is -2.18. The van der Waals surface area contributed by atoms with Crippen molar-refractivity contribution in [1.29, 1.82) is 0 Å². The molecule has 0 aliphatic rings. The third-order valence-electron chi connectivity index (χ3n) is 3.09. The standard InChI is InChI=1S/C13H19N3/c1-3-10(9-14)16-12-8-6-5-7-11(12)15-13(16)4-2/h5-8,10H,3-4,9,14H2,1-2H3. The number of aromatic nitrogens is 2. The van der Waals surface area contributed by atoms with E-state index >= 15 is 0 Å². The van der Waals surface area contributed by atoms with Gasteiger partial charge < -0.3 is 10.3 Å². The second kappa shape index (κ2) is 4.66. The molecule has 0 saturated heterocycles. The highest BCUT2D eigenvalue weighted by atomic mass is 15.1. The Labute approximate surface area is 96.3 Å². The topological polar surface area (TPSA) is 43.8 Å². The summed E-state index contributed by atoms with van der Waals surface area (Å²) >= 11 is 0. The van der Waals surface area contributed by atoms with Crippen molar-refractivity contribution in [2.75, 3.05) is 6.54 Å². The molecule has 1 unspecified atom stereocenters. The first-order valence-corrected chi connectivity index (χ1v) is 5.97. The van der Waals surface area contributed by atoms with Gasteiger partial charge in [-0.25, -0.2) is 4.98 Å². The van der Waals surface area contributed by atoms with Crippen molar-refractivity contribution >= 4 is 11.0 Å². The molecule has 0 bridgehead atoms. The quantitative estimate of drug-likeness (QED) is 0.855. The molecule has 1 aromatic heterocycles. The van der Waals surface area contributed by atoms with Crippen LogP contribution >= 0.6 is 0 Å². The van der Waals surface area contributed by atoms with Gasteiger partial charge in [-0.05, 0) is 18.6 Å². The first-order valence-electron chi connectivity index (χ1n) is 5.97. The summed E-state index contributed by atoms with van der Waals surface area (Å²) in [5.74, 6) is 1.14. The second-order valence-electron chi connectivity index (χ2n) is 4.04. The number of hydrogen-bond donors (Lipinski definition) is 1. The molecule has 3 heteroatoms. The van der Waals surface area contributed by atoms with Gasteiger partial charge in [-0.2, -0.15) is 0 Å². The van der Waals surface area contributed by atoms with Gasteiger partial charge in [-0.1, -0.05) is 26.0 Å². The third-order valence-corrected chi connectivity index (χ3v) is 3.09. The minimum atomic E-state index is 0.363. The van der Waals surface area contributed by atoms with E-state index in [2.05, 4.69) is 41.6 Å². The zero-order chi connectivity index (χ0) is 11.5. The lowest BCUT2D eigenvalue weighted by molar-refractivity contribution is 0.492. The highest BCUT2D eigenvalue weighted by Gasteiger charge is 2.14. The van der Waals surface area contributed by atoms with Crippen LogP contribution in [0.5, 0.6) is 0 Å². The van der Waals surface area contributed by atoms with E-state index in [1.54, 1.807) is 0 Å². The number of nitrogens with two attached hydrogens (primary N) is 1. The van der Waals surface area contributed by atoms with Crippen LogP contribution in [0.2, 0.25) is 0 Å². The van der Waals surface area contributed by atoms with Crippen molar-refractivity contribution in [2.45, 2.75) is 32.7 Å². The molecule has 2 aromatic rings. The van der Waals surface area contributed by atoms with Gasteiger partial charge in [0, 0.05) is 19.0 Å². The zero-order valence-corrected chi connectivity index (χ0v) is 9.98. The number of rotatable bonds is 4. The Kier molecular flexibility index (Phi) is 3.25. The number of benzene rings is 1. The Morgan fingerprint density at radius 1 is 1.31 bits per heavy atom. The maximum absolute atomic E-state index is 5.84. The van der Waals surface area contributed by atoms with E-state index in [-0.39, 0.29) is 0 Å². The minimum absolute atomic E-state index is 0.363. The predicted octanol–water partition coefficient (Wildman–Crippen LogP) is 2.51. The Morgan fingerprint density at radius 3 is 2.69 bits per heavy atom. The van der Waals surface area contributed by atoms with Gasteiger partial charge in [0.2, 0.25) is 0 Å². The summed E-state index contributed by atoms with van der Waals surface area (Å²) in [6, 6.07) is 8.64. The van der Waals surface area contributed by atoms with E-state index in [9.17, 15) is 0 Å². The molecule has 0 amide bonds. The van der Waals surface area contributed by atoms with Crippen molar-refractivity contribution < 1.29 is 0 Å². The lowest BCUT2D eigenvalue weighted by Crippen LogP contribution is -2.20. The molecule has 0 saturated carbocycles. The molecular weight excluding hydrogens is 198 g/mol. The smallest absolute Gasteiger partial charge is 0.109 e. The number of fused-ring (bicyclic) bond motifs is 1. The molecule has 16 heavy (non-hydrogen) atoms. The second-order valence-corrected chi connectivity index (χ2v) is 4.04. The zero-order valence-electron chi connectivity index (χ0n) is 9.98. The fraction of sp³-hybridized carbons (Fsp3) is 0.462. The van der Waals surface area contributed by atoms with E-state index in [1.165, 1.54) is 5.52 Å². The van der Waals surface area contributed by atoms with Gasteiger partial charge in [0.05, 0.1) is 11.0 Å². The summed E-state index contributed by atoms with van der Waals surface area (Å²) < 4.78 is 2.30. The molecule has 0 radical (unpaired) electrons. The monoisotopic (exact) mass is 217 g/mol. The fourth-order valence-corrected chi connectivity index (χ4v) is 2.21. The first kappa shape index (κ1) is 11.1. The molecule has 3 nitrogen and oxygen atoms in total. The molecule has 0 spiro atoms. The Balaban J connectivity index is 2.63. The Bertz CT molecular complexity index is 469. The number of para-hydroxylation sites is 2. The summed E-state index contributed by atoms with van der Waals surface area (Å²) in [7, 11) is 0. The van der Waals surface area contributed by atoms with Gasteiger partial charge in [-0.15, -0.1) is 0 Å². The number of aryl methyl sites for hydroxylation is 1. The van der Waals surface area contributed by atoms with Gasteiger partial charge in [0.1, 0.15) is 5.82 Å². The van der Waals surface area contributed by atoms with Crippen LogP contribution in [-0.2, 0) is 6.42 Å². The molecule has 0 aliphatic heterocycles.